The number of hydrogen-bond donors (Lipinski definition) is 2. The molecule has 0 aromatic carbocycles. The summed E-state index contributed by atoms with van der Waals surface area (Å²) in [6.07, 6.45) is 0.527. The SMILES string of the molecule is CC(C)CN(CC(N)=O)c1nnc(CCN)o1. The van der Waals surface area contributed by atoms with Crippen molar-refractivity contribution in [3.63, 3.8) is 0 Å². The molecule has 7 heteroatoms. The highest BCUT2D eigenvalue weighted by atomic mass is 16.4. The van der Waals surface area contributed by atoms with Crippen molar-refractivity contribution in [2.75, 3.05) is 24.5 Å². The van der Waals surface area contributed by atoms with Crippen molar-refractivity contribution in [2.45, 2.75) is 20.3 Å². The van der Waals surface area contributed by atoms with E-state index in [1.807, 2.05) is 13.8 Å². The number of aromatic nitrogens is 2. The number of anilines is 1. The lowest BCUT2D eigenvalue weighted by molar-refractivity contribution is -0.116. The zero-order valence-corrected chi connectivity index (χ0v) is 10.2. The van der Waals surface area contributed by atoms with E-state index in [0.717, 1.165) is 0 Å². The van der Waals surface area contributed by atoms with E-state index in [9.17, 15) is 4.79 Å². The molecule has 1 aromatic heterocycles. The maximum absolute atomic E-state index is 11.0. The Morgan fingerprint density at radius 1 is 1.47 bits per heavy atom. The number of hydrogen-bond acceptors (Lipinski definition) is 6. The standard InChI is InChI=1S/C10H19N5O2/c1-7(2)5-15(6-8(12)16)10-14-13-9(17-10)3-4-11/h7H,3-6,11H2,1-2H3,(H2,12,16). The molecule has 0 bridgehead atoms. The average molecular weight is 241 g/mol. The molecule has 0 fully saturated rings. The van der Waals surface area contributed by atoms with Crippen LogP contribution in [0.4, 0.5) is 6.01 Å². The third-order valence-corrected chi connectivity index (χ3v) is 2.02. The summed E-state index contributed by atoms with van der Waals surface area (Å²) in [4.78, 5) is 12.6. The van der Waals surface area contributed by atoms with Gasteiger partial charge in [-0.25, -0.2) is 0 Å². The van der Waals surface area contributed by atoms with Gasteiger partial charge in [0.25, 0.3) is 0 Å². The molecule has 0 saturated carbocycles. The van der Waals surface area contributed by atoms with Gasteiger partial charge in [-0.1, -0.05) is 18.9 Å². The second kappa shape index (κ2) is 6.19. The summed E-state index contributed by atoms with van der Waals surface area (Å²) in [7, 11) is 0. The molecule has 0 saturated heterocycles. The number of nitrogens with zero attached hydrogens (tertiary/aromatic N) is 3. The normalized spacial score (nSPS) is 10.8. The Morgan fingerprint density at radius 2 is 2.18 bits per heavy atom. The van der Waals surface area contributed by atoms with Gasteiger partial charge in [-0.2, -0.15) is 0 Å². The van der Waals surface area contributed by atoms with E-state index in [0.29, 0.717) is 37.3 Å². The highest BCUT2D eigenvalue weighted by molar-refractivity contribution is 5.78. The molecule has 0 aliphatic carbocycles. The Balaban J connectivity index is 2.76. The molecule has 1 aromatic rings. The van der Waals surface area contributed by atoms with Gasteiger partial charge < -0.3 is 20.8 Å². The van der Waals surface area contributed by atoms with Gasteiger partial charge in [0.15, 0.2) is 0 Å². The molecule has 0 unspecified atom stereocenters. The van der Waals surface area contributed by atoms with Gasteiger partial charge in [0, 0.05) is 19.5 Å². The maximum Gasteiger partial charge on any atom is 0.318 e. The molecule has 96 valence electrons. The monoisotopic (exact) mass is 241 g/mol. The molecular weight excluding hydrogens is 222 g/mol. The fraction of sp³-hybridized carbons (Fsp3) is 0.700. The van der Waals surface area contributed by atoms with Gasteiger partial charge in [-0.3, -0.25) is 4.79 Å². The number of amides is 1. The highest BCUT2D eigenvalue weighted by Gasteiger charge is 2.17. The van der Waals surface area contributed by atoms with Crippen LogP contribution in [0.1, 0.15) is 19.7 Å². The van der Waals surface area contributed by atoms with Crippen LogP contribution in [0.15, 0.2) is 4.42 Å². The largest absolute Gasteiger partial charge is 0.408 e. The molecule has 4 N–H and O–H groups in total. The van der Waals surface area contributed by atoms with E-state index in [-0.39, 0.29) is 6.54 Å². The fourth-order valence-electron chi connectivity index (χ4n) is 1.44. The summed E-state index contributed by atoms with van der Waals surface area (Å²) in [5, 5.41) is 7.74. The topological polar surface area (TPSA) is 111 Å². The smallest absolute Gasteiger partial charge is 0.318 e. The Kier molecular flexibility index (Phi) is 4.89. The van der Waals surface area contributed by atoms with Crippen molar-refractivity contribution in [2.24, 2.45) is 17.4 Å². The van der Waals surface area contributed by atoms with Gasteiger partial charge in [-0.15, -0.1) is 5.10 Å². The van der Waals surface area contributed by atoms with Gasteiger partial charge in [0.05, 0.1) is 0 Å². The number of carbonyl (C=O) groups is 1. The summed E-state index contributed by atoms with van der Waals surface area (Å²) in [5.74, 6) is 0.407. The molecule has 0 aliphatic heterocycles. The zero-order chi connectivity index (χ0) is 12.8. The first-order chi connectivity index (χ1) is 8.02. The molecule has 0 atom stereocenters. The Hall–Kier alpha value is -1.63. The molecule has 0 spiro atoms. The van der Waals surface area contributed by atoms with Gasteiger partial charge >= 0.3 is 6.01 Å². The minimum absolute atomic E-state index is 0.0719. The number of rotatable bonds is 7. The van der Waals surface area contributed by atoms with Crippen LogP contribution in [0, 0.1) is 5.92 Å². The molecule has 0 radical (unpaired) electrons. The van der Waals surface area contributed by atoms with Gasteiger partial charge in [-0.05, 0) is 5.92 Å². The van der Waals surface area contributed by atoms with Crippen LogP contribution >= 0.6 is 0 Å². The number of nitrogens with two attached hydrogens (primary N) is 2. The van der Waals surface area contributed by atoms with Crippen LogP contribution in [0.2, 0.25) is 0 Å². The summed E-state index contributed by atoms with van der Waals surface area (Å²) in [5.41, 5.74) is 10.6. The van der Waals surface area contributed by atoms with Gasteiger partial charge in [0.2, 0.25) is 11.8 Å². The summed E-state index contributed by atoms with van der Waals surface area (Å²) >= 11 is 0. The van der Waals surface area contributed by atoms with Gasteiger partial charge in [0.1, 0.15) is 6.54 Å². The number of carbonyl (C=O) groups excluding carboxylic acids is 1. The summed E-state index contributed by atoms with van der Waals surface area (Å²) in [6, 6.07) is 0.320. The highest BCUT2D eigenvalue weighted by Crippen LogP contribution is 2.13. The maximum atomic E-state index is 11.0. The Labute approximate surface area is 100 Å². The second-order valence-electron chi connectivity index (χ2n) is 4.26. The van der Waals surface area contributed by atoms with E-state index in [1.165, 1.54) is 0 Å². The van der Waals surface area contributed by atoms with E-state index < -0.39 is 5.91 Å². The Bertz CT molecular complexity index is 363. The first-order valence-electron chi connectivity index (χ1n) is 5.58. The van der Waals surface area contributed by atoms with Crippen molar-refractivity contribution in [3.05, 3.63) is 5.89 Å². The molecule has 1 amide bonds. The van der Waals surface area contributed by atoms with E-state index in [1.54, 1.807) is 4.90 Å². The third-order valence-electron chi connectivity index (χ3n) is 2.02. The lowest BCUT2D eigenvalue weighted by atomic mass is 10.2. The first kappa shape index (κ1) is 13.4. The number of primary amides is 1. The van der Waals surface area contributed by atoms with Crippen molar-refractivity contribution < 1.29 is 9.21 Å². The second-order valence-corrected chi connectivity index (χ2v) is 4.26. The minimum atomic E-state index is -0.427. The van der Waals surface area contributed by atoms with E-state index in [2.05, 4.69) is 10.2 Å². The molecule has 1 heterocycles. The molecule has 7 nitrogen and oxygen atoms in total. The molecular formula is C10H19N5O2. The quantitative estimate of drug-likeness (QED) is 0.666. The van der Waals surface area contributed by atoms with Crippen LogP contribution in [-0.2, 0) is 11.2 Å². The van der Waals surface area contributed by atoms with E-state index >= 15 is 0 Å². The summed E-state index contributed by atoms with van der Waals surface area (Å²) < 4.78 is 5.40. The molecule has 1 rings (SSSR count). The summed E-state index contributed by atoms with van der Waals surface area (Å²) in [6.45, 7) is 5.22. The van der Waals surface area contributed by atoms with Crippen molar-refractivity contribution in [1.82, 2.24) is 10.2 Å². The predicted octanol–water partition coefficient (Wildman–Crippen LogP) is -0.481. The van der Waals surface area contributed by atoms with Crippen molar-refractivity contribution >= 4 is 11.9 Å². The van der Waals surface area contributed by atoms with Crippen LogP contribution in [0.3, 0.4) is 0 Å². The lowest BCUT2D eigenvalue weighted by Gasteiger charge is -2.20. The van der Waals surface area contributed by atoms with Crippen molar-refractivity contribution in [1.29, 1.82) is 0 Å². The van der Waals surface area contributed by atoms with Crippen LogP contribution in [0.5, 0.6) is 0 Å². The molecule has 0 aliphatic rings. The minimum Gasteiger partial charge on any atom is -0.408 e. The van der Waals surface area contributed by atoms with Crippen LogP contribution in [-0.4, -0.2) is 35.7 Å². The van der Waals surface area contributed by atoms with Crippen LogP contribution < -0.4 is 16.4 Å². The molecule has 17 heavy (non-hydrogen) atoms. The zero-order valence-electron chi connectivity index (χ0n) is 10.2. The first-order valence-corrected chi connectivity index (χ1v) is 5.58. The predicted molar refractivity (Wildman–Crippen MR) is 63.3 cm³/mol. The average Bonchev–Trinajstić information content (AvgIpc) is 2.64. The fourth-order valence-corrected chi connectivity index (χ4v) is 1.44. The lowest BCUT2D eigenvalue weighted by Crippen LogP contribution is -2.36. The van der Waals surface area contributed by atoms with E-state index in [4.69, 9.17) is 15.9 Å². The van der Waals surface area contributed by atoms with Crippen LogP contribution in [0.25, 0.3) is 0 Å². The van der Waals surface area contributed by atoms with Crippen molar-refractivity contribution in [3.8, 4) is 0 Å². The third kappa shape index (κ3) is 4.39. The Morgan fingerprint density at radius 3 is 2.71 bits per heavy atom.